The largest absolute Gasteiger partial charge is 0.352 e. The van der Waals surface area contributed by atoms with Gasteiger partial charge in [-0.3, -0.25) is 9.62 Å². The fourth-order valence-corrected chi connectivity index (χ4v) is 4.52. The molecule has 160 valence electrons. The van der Waals surface area contributed by atoms with E-state index in [1.807, 2.05) is 12.1 Å². The van der Waals surface area contributed by atoms with E-state index in [4.69, 9.17) is 0 Å². The first-order chi connectivity index (χ1) is 13.4. The van der Waals surface area contributed by atoms with Crippen LogP contribution in [0, 0.1) is 0 Å². The lowest BCUT2D eigenvalue weighted by atomic mass is 10.0. The summed E-state index contributed by atoms with van der Waals surface area (Å²) >= 11 is 0. The zero-order chi connectivity index (χ0) is 20.1. The van der Waals surface area contributed by atoms with Crippen LogP contribution >= 0.6 is 12.4 Å². The monoisotopic (exact) mass is 438 g/mol. The Morgan fingerprint density at radius 2 is 1.72 bits per heavy atom. The second-order valence-electron chi connectivity index (χ2n) is 7.53. The summed E-state index contributed by atoms with van der Waals surface area (Å²) in [5, 5.41) is 0. The first-order valence-corrected chi connectivity index (χ1v) is 11.4. The predicted molar refractivity (Wildman–Crippen MR) is 122 cm³/mol. The molecule has 0 atom stereocenters. The van der Waals surface area contributed by atoms with Crippen molar-refractivity contribution >= 4 is 33.9 Å². The highest BCUT2D eigenvalue weighted by atomic mass is 35.5. The molecule has 0 aliphatic carbocycles. The van der Waals surface area contributed by atoms with Crippen LogP contribution in [0.15, 0.2) is 47.5 Å². The molecule has 0 spiro atoms. The van der Waals surface area contributed by atoms with E-state index in [0.29, 0.717) is 17.4 Å². The minimum absolute atomic E-state index is 0. The summed E-state index contributed by atoms with van der Waals surface area (Å²) in [6.07, 6.45) is 2.85. The molecule has 2 aromatic rings. The van der Waals surface area contributed by atoms with Crippen LogP contribution in [-0.4, -0.2) is 51.0 Å². The van der Waals surface area contributed by atoms with Gasteiger partial charge in [0, 0.05) is 32.4 Å². The highest BCUT2D eigenvalue weighted by Crippen LogP contribution is 2.27. The highest BCUT2D eigenvalue weighted by Gasteiger charge is 2.22. The molecule has 8 heteroatoms. The van der Waals surface area contributed by atoms with Gasteiger partial charge in [-0.2, -0.15) is 0 Å². The Labute approximate surface area is 180 Å². The van der Waals surface area contributed by atoms with Crippen LogP contribution < -0.4 is 9.62 Å². The number of rotatable bonds is 7. The van der Waals surface area contributed by atoms with Gasteiger partial charge >= 0.3 is 0 Å². The van der Waals surface area contributed by atoms with Crippen LogP contribution in [0.1, 0.15) is 38.7 Å². The summed E-state index contributed by atoms with van der Waals surface area (Å²) in [5.41, 5.74) is 1.64. The number of anilines is 2. The molecule has 0 radical (unpaired) electrons. The van der Waals surface area contributed by atoms with Gasteiger partial charge in [0.25, 0.3) is 10.0 Å². The van der Waals surface area contributed by atoms with Gasteiger partial charge < -0.3 is 4.90 Å². The molecule has 2 heterocycles. The first kappa shape index (κ1) is 23.4. The van der Waals surface area contributed by atoms with E-state index in [1.165, 1.54) is 0 Å². The zero-order valence-corrected chi connectivity index (χ0v) is 19.0. The van der Waals surface area contributed by atoms with Gasteiger partial charge in [0.15, 0.2) is 5.82 Å². The Morgan fingerprint density at radius 3 is 2.31 bits per heavy atom. The number of sulfonamides is 1. The van der Waals surface area contributed by atoms with Crippen LogP contribution in [0.2, 0.25) is 0 Å². The van der Waals surface area contributed by atoms with E-state index in [0.717, 1.165) is 44.7 Å². The van der Waals surface area contributed by atoms with Crippen molar-refractivity contribution in [3.63, 3.8) is 0 Å². The smallest absolute Gasteiger partial charge is 0.262 e. The molecule has 6 nitrogen and oxygen atoms in total. The summed E-state index contributed by atoms with van der Waals surface area (Å²) < 4.78 is 28.5. The number of nitrogens with zero attached hydrogens (tertiary/aromatic N) is 3. The van der Waals surface area contributed by atoms with E-state index in [1.54, 1.807) is 30.5 Å². The normalized spacial score (nSPS) is 15.2. The summed E-state index contributed by atoms with van der Waals surface area (Å²) in [4.78, 5) is 9.32. The standard InChI is InChI=1S/C21H30N4O2S.ClH/c1-4-12-24-13-15-25(16-14-24)21-20(6-5-11-22-21)23-28(26,27)19-9-7-18(8-10-19)17(2)3;/h5-11,17,23H,4,12-16H2,1-3H3;1H. The van der Waals surface area contributed by atoms with Crippen molar-refractivity contribution in [1.82, 2.24) is 9.88 Å². The maximum atomic E-state index is 12.9. The molecule has 0 bridgehead atoms. The zero-order valence-electron chi connectivity index (χ0n) is 17.3. The second kappa shape index (κ2) is 10.3. The molecule has 1 fully saturated rings. The van der Waals surface area contributed by atoms with Crippen LogP contribution in [0.4, 0.5) is 11.5 Å². The fraction of sp³-hybridized carbons (Fsp3) is 0.476. The van der Waals surface area contributed by atoms with Crippen molar-refractivity contribution in [2.45, 2.75) is 38.0 Å². The number of halogens is 1. The highest BCUT2D eigenvalue weighted by molar-refractivity contribution is 7.92. The van der Waals surface area contributed by atoms with Crippen molar-refractivity contribution in [1.29, 1.82) is 0 Å². The van der Waals surface area contributed by atoms with Gasteiger partial charge in [0.2, 0.25) is 0 Å². The lowest BCUT2D eigenvalue weighted by molar-refractivity contribution is 0.258. The van der Waals surface area contributed by atoms with Gasteiger partial charge in [0.05, 0.1) is 10.6 Å². The molecule has 1 aromatic heterocycles. The Bertz CT molecular complexity index is 880. The summed E-state index contributed by atoms with van der Waals surface area (Å²) in [5.74, 6) is 1.06. The quantitative estimate of drug-likeness (QED) is 0.708. The molecule has 1 aliphatic rings. The van der Waals surface area contributed by atoms with Crippen LogP contribution in [0.25, 0.3) is 0 Å². The number of pyridine rings is 1. The van der Waals surface area contributed by atoms with Crippen molar-refractivity contribution in [2.75, 3.05) is 42.3 Å². The van der Waals surface area contributed by atoms with E-state index < -0.39 is 10.0 Å². The number of aromatic nitrogens is 1. The summed E-state index contributed by atoms with van der Waals surface area (Å²) in [6.45, 7) is 11.1. The number of hydrogen-bond donors (Lipinski definition) is 1. The van der Waals surface area contributed by atoms with E-state index in [-0.39, 0.29) is 17.3 Å². The van der Waals surface area contributed by atoms with Gasteiger partial charge in [-0.15, -0.1) is 12.4 Å². The lowest BCUT2D eigenvalue weighted by Gasteiger charge is -2.36. The minimum Gasteiger partial charge on any atom is -0.352 e. The SMILES string of the molecule is CCCN1CCN(c2ncccc2NS(=O)(=O)c2ccc(C(C)C)cc2)CC1.Cl. The van der Waals surface area contributed by atoms with Crippen molar-refractivity contribution in [2.24, 2.45) is 0 Å². The molecular formula is C21H31ClN4O2S. The summed E-state index contributed by atoms with van der Waals surface area (Å²) in [6, 6.07) is 10.6. The average molecular weight is 439 g/mol. The number of piperazine rings is 1. The molecular weight excluding hydrogens is 408 g/mol. The van der Waals surface area contributed by atoms with Gasteiger partial charge in [-0.05, 0) is 48.7 Å². The molecule has 3 rings (SSSR count). The number of hydrogen-bond acceptors (Lipinski definition) is 5. The Hall–Kier alpha value is -1.83. The van der Waals surface area contributed by atoms with E-state index in [9.17, 15) is 8.42 Å². The lowest BCUT2D eigenvalue weighted by Crippen LogP contribution is -2.47. The van der Waals surface area contributed by atoms with Crippen LogP contribution in [-0.2, 0) is 10.0 Å². The maximum Gasteiger partial charge on any atom is 0.262 e. The molecule has 1 N–H and O–H groups in total. The molecule has 1 aromatic carbocycles. The van der Waals surface area contributed by atoms with Crippen LogP contribution in [0.5, 0.6) is 0 Å². The van der Waals surface area contributed by atoms with Crippen molar-refractivity contribution in [3.8, 4) is 0 Å². The molecule has 1 aliphatic heterocycles. The van der Waals surface area contributed by atoms with E-state index >= 15 is 0 Å². The van der Waals surface area contributed by atoms with Crippen LogP contribution in [0.3, 0.4) is 0 Å². The van der Waals surface area contributed by atoms with Crippen molar-refractivity contribution in [3.05, 3.63) is 48.2 Å². The Balaban J connectivity index is 0.00000300. The Morgan fingerprint density at radius 1 is 1.07 bits per heavy atom. The number of nitrogens with one attached hydrogen (secondary N) is 1. The number of benzene rings is 1. The molecule has 29 heavy (non-hydrogen) atoms. The predicted octanol–water partition coefficient (Wildman–Crippen LogP) is 3.96. The van der Waals surface area contributed by atoms with Gasteiger partial charge in [0.1, 0.15) is 0 Å². The average Bonchev–Trinajstić information content (AvgIpc) is 2.69. The third kappa shape index (κ3) is 5.84. The third-order valence-electron chi connectivity index (χ3n) is 5.10. The minimum atomic E-state index is -3.66. The third-order valence-corrected chi connectivity index (χ3v) is 6.48. The molecule has 0 unspecified atom stereocenters. The van der Waals surface area contributed by atoms with Crippen molar-refractivity contribution < 1.29 is 8.42 Å². The van der Waals surface area contributed by atoms with Gasteiger partial charge in [-0.25, -0.2) is 13.4 Å². The van der Waals surface area contributed by atoms with E-state index in [2.05, 4.69) is 40.3 Å². The molecule has 1 saturated heterocycles. The Kier molecular flexibility index (Phi) is 8.31. The van der Waals surface area contributed by atoms with Gasteiger partial charge in [-0.1, -0.05) is 32.9 Å². The first-order valence-electron chi connectivity index (χ1n) is 9.96. The summed E-state index contributed by atoms with van der Waals surface area (Å²) in [7, 11) is -3.66. The maximum absolute atomic E-state index is 12.9. The second-order valence-corrected chi connectivity index (χ2v) is 9.21. The molecule has 0 amide bonds. The topological polar surface area (TPSA) is 65.5 Å². The molecule has 0 saturated carbocycles. The fourth-order valence-electron chi connectivity index (χ4n) is 3.46.